The van der Waals surface area contributed by atoms with Crippen LogP contribution in [0.3, 0.4) is 0 Å². The van der Waals surface area contributed by atoms with Gasteiger partial charge in [-0.05, 0) is 40.2 Å². The predicted octanol–water partition coefficient (Wildman–Crippen LogP) is 4.13. The molecule has 0 radical (unpaired) electrons. The van der Waals surface area contributed by atoms with Gasteiger partial charge in [-0.25, -0.2) is 4.98 Å². The number of nitrogens with two attached hydrogens (primary N) is 1. The van der Waals surface area contributed by atoms with Crippen molar-refractivity contribution in [3.8, 4) is 0 Å². The fourth-order valence-corrected chi connectivity index (χ4v) is 2.90. The monoisotopic (exact) mass is 331 g/mol. The molecular formula is C14H10BrN3S. The number of hydrogen-bond donors (Lipinski definition) is 1. The first-order chi connectivity index (χ1) is 9.24. The van der Waals surface area contributed by atoms with Gasteiger partial charge in [0.05, 0.1) is 11.2 Å². The minimum absolute atomic E-state index is 0.698. The topological polar surface area (TPSA) is 51.8 Å². The highest BCUT2D eigenvalue weighted by Gasteiger charge is 2.06. The smallest absolute Gasteiger partial charge is 0.101 e. The predicted molar refractivity (Wildman–Crippen MR) is 82.2 cm³/mol. The van der Waals surface area contributed by atoms with Crippen LogP contribution in [0.4, 0.5) is 5.69 Å². The van der Waals surface area contributed by atoms with E-state index in [1.165, 1.54) is 0 Å². The molecule has 3 nitrogen and oxygen atoms in total. The van der Waals surface area contributed by atoms with E-state index in [1.807, 2.05) is 36.4 Å². The van der Waals surface area contributed by atoms with E-state index in [-0.39, 0.29) is 0 Å². The number of pyridine rings is 2. The standard InChI is InChI=1S/C14H10BrN3S/c15-9-4-5-13(18-8-9)19-12-6-7-17-14-10(12)2-1-3-11(14)16/h1-8H,16H2. The highest BCUT2D eigenvalue weighted by molar-refractivity contribution is 9.10. The van der Waals surface area contributed by atoms with Crippen LogP contribution in [0.25, 0.3) is 10.9 Å². The van der Waals surface area contributed by atoms with Crippen LogP contribution in [0.2, 0.25) is 0 Å². The molecular weight excluding hydrogens is 322 g/mol. The molecule has 5 heteroatoms. The summed E-state index contributed by atoms with van der Waals surface area (Å²) in [5.41, 5.74) is 7.48. The van der Waals surface area contributed by atoms with Gasteiger partial charge in [0.15, 0.2) is 0 Å². The van der Waals surface area contributed by atoms with E-state index in [2.05, 4.69) is 25.9 Å². The SMILES string of the molecule is Nc1cccc2c(Sc3ccc(Br)cn3)ccnc12. The minimum atomic E-state index is 0.698. The number of nitrogens with zero attached hydrogens (tertiary/aromatic N) is 2. The number of hydrogen-bond acceptors (Lipinski definition) is 4. The lowest BCUT2D eigenvalue weighted by atomic mass is 10.2. The Morgan fingerprint density at radius 1 is 1.05 bits per heavy atom. The highest BCUT2D eigenvalue weighted by Crippen LogP contribution is 2.33. The number of nitrogen functional groups attached to an aromatic ring is 1. The Morgan fingerprint density at radius 2 is 1.95 bits per heavy atom. The molecule has 0 saturated heterocycles. The Kier molecular flexibility index (Phi) is 3.40. The fourth-order valence-electron chi connectivity index (χ4n) is 1.80. The van der Waals surface area contributed by atoms with E-state index >= 15 is 0 Å². The third kappa shape index (κ3) is 2.57. The third-order valence-corrected chi connectivity index (χ3v) is 4.17. The van der Waals surface area contributed by atoms with Crippen molar-refractivity contribution in [2.45, 2.75) is 9.92 Å². The van der Waals surface area contributed by atoms with Gasteiger partial charge in [-0.15, -0.1) is 0 Å². The van der Waals surface area contributed by atoms with Crippen molar-refractivity contribution >= 4 is 44.3 Å². The number of benzene rings is 1. The summed E-state index contributed by atoms with van der Waals surface area (Å²) in [6.07, 6.45) is 3.57. The normalized spacial score (nSPS) is 10.8. The van der Waals surface area contributed by atoms with Gasteiger partial charge in [0.2, 0.25) is 0 Å². The van der Waals surface area contributed by atoms with Crippen LogP contribution in [0, 0.1) is 0 Å². The van der Waals surface area contributed by atoms with E-state index in [4.69, 9.17) is 5.73 Å². The summed E-state index contributed by atoms with van der Waals surface area (Å²) in [7, 11) is 0. The molecule has 0 fully saturated rings. The fraction of sp³-hybridized carbons (Fsp3) is 0. The zero-order valence-corrected chi connectivity index (χ0v) is 12.3. The summed E-state index contributed by atoms with van der Waals surface area (Å²) < 4.78 is 0.973. The molecule has 2 heterocycles. The summed E-state index contributed by atoms with van der Waals surface area (Å²) in [4.78, 5) is 9.80. The molecule has 19 heavy (non-hydrogen) atoms. The average molecular weight is 332 g/mol. The van der Waals surface area contributed by atoms with E-state index < -0.39 is 0 Å². The van der Waals surface area contributed by atoms with Gasteiger partial charge >= 0.3 is 0 Å². The molecule has 0 aliphatic heterocycles. The van der Waals surface area contributed by atoms with Crippen molar-refractivity contribution in [2.75, 3.05) is 5.73 Å². The Bertz CT molecular complexity index is 728. The molecule has 0 saturated carbocycles. The molecule has 0 bridgehead atoms. The minimum Gasteiger partial charge on any atom is -0.397 e. The number of aromatic nitrogens is 2. The van der Waals surface area contributed by atoms with Crippen molar-refractivity contribution in [1.29, 1.82) is 0 Å². The van der Waals surface area contributed by atoms with Crippen molar-refractivity contribution in [2.24, 2.45) is 0 Å². The van der Waals surface area contributed by atoms with E-state index in [0.29, 0.717) is 5.69 Å². The molecule has 0 spiro atoms. The number of fused-ring (bicyclic) bond motifs is 1. The maximum absolute atomic E-state index is 5.94. The number of rotatable bonds is 2. The second kappa shape index (κ2) is 5.19. The largest absolute Gasteiger partial charge is 0.397 e. The van der Waals surface area contributed by atoms with Crippen LogP contribution in [-0.2, 0) is 0 Å². The van der Waals surface area contributed by atoms with E-state index in [1.54, 1.807) is 24.2 Å². The molecule has 0 atom stereocenters. The van der Waals surface area contributed by atoms with Gasteiger partial charge in [0.1, 0.15) is 5.03 Å². The lowest BCUT2D eigenvalue weighted by molar-refractivity contribution is 1.12. The number of anilines is 1. The summed E-state index contributed by atoms with van der Waals surface area (Å²) in [5, 5.41) is 2.00. The first kappa shape index (κ1) is 12.4. The quantitative estimate of drug-likeness (QED) is 0.717. The average Bonchev–Trinajstić information content (AvgIpc) is 2.43. The van der Waals surface area contributed by atoms with Crippen LogP contribution in [0.1, 0.15) is 0 Å². The molecule has 94 valence electrons. The zero-order chi connectivity index (χ0) is 13.2. The van der Waals surface area contributed by atoms with Crippen molar-refractivity contribution in [3.05, 3.63) is 53.3 Å². The Labute approximate surface area is 123 Å². The molecule has 3 rings (SSSR count). The Balaban J connectivity index is 2.06. The second-order valence-electron chi connectivity index (χ2n) is 3.97. The third-order valence-electron chi connectivity index (χ3n) is 2.68. The molecule has 0 amide bonds. The van der Waals surface area contributed by atoms with Gasteiger partial charge in [0.25, 0.3) is 0 Å². The summed E-state index contributed by atoms with van der Waals surface area (Å²) in [6, 6.07) is 11.8. The highest BCUT2D eigenvalue weighted by atomic mass is 79.9. The van der Waals surface area contributed by atoms with Gasteiger partial charge in [-0.3, -0.25) is 4.98 Å². The first-order valence-electron chi connectivity index (χ1n) is 5.66. The zero-order valence-electron chi connectivity index (χ0n) is 9.88. The van der Waals surface area contributed by atoms with Gasteiger partial charge in [0, 0.05) is 27.1 Å². The molecule has 0 unspecified atom stereocenters. The Morgan fingerprint density at radius 3 is 2.74 bits per heavy atom. The molecule has 2 N–H and O–H groups in total. The van der Waals surface area contributed by atoms with Crippen LogP contribution in [0.5, 0.6) is 0 Å². The summed E-state index contributed by atoms with van der Waals surface area (Å²) in [5.74, 6) is 0. The van der Waals surface area contributed by atoms with Crippen LogP contribution >= 0.6 is 27.7 Å². The second-order valence-corrected chi connectivity index (χ2v) is 5.95. The van der Waals surface area contributed by atoms with Gasteiger partial charge in [-0.1, -0.05) is 23.9 Å². The molecule has 3 aromatic rings. The van der Waals surface area contributed by atoms with Crippen molar-refractivity contribution in [1.82, 2.24) is 9.97 Å². The number of halogens is 1. The number of para-hydroxylation sites is 1. The van der Waals surface area contributed by atoms with E-state index in [9.17, 15) is 0 Å². The first-order valence-corrected chi connectivity index (χ1v) is 7.27. The summed E-state index contributed by atoms with van der Waals surface area (Å²) in [6.45, 7) is 0. The molecule has 2 aromatic heterocycles. The lowest BCUT2D eigenvalue weighted by Gasteiger charge is -2.06. The molecule has 0 aliphatic rings. The van der Waals surface area contributed by atoms with Crippen LogP contribution < -0.4 is 5.73 Å². The van der Waals surface area contributed by atoms with Gasteiger partial charge < -0.3 is 5.73 Å². The van der Waals surface area contributed by atoms with Crippen molar-refractivity contribution < 1.29 is 0 Å². The molecule has 0 aliphatic carbocycles. The van der Waals surface area contributed by atoms with Crippen LogP contribution in [0.15, 0.2) is 63.2 Å². The van der Waals surface area contributed by atoms with Crippen molar-refractivity contribution in [3.63, 3.8) is 0 Å². The lowest BCUT2D eigenvalue weighted by Crippen LogP contribution is -1.90. The maximum atomic E-state index is 5.94. The van der Waals surface area contributed by atoms with Crippen LogP contribution in [-0.4, -0.2) is 9.97 Å². The Hall–Kier alpha value is -1.59. The van der Waals surface area contributed by atoms with E-state index in [0.717, 1.165) is 25.3 Å². The summed E-state index contributed by atoms with van der Waals surface area (Å²) >= 11 is 4.99. The molecule has 1 aromatic carbocycles. The maximum Gasteiger partial charge on any atom is 0.101 e. The van der Waals surface area contributed by atoms with Gasteiger partial charge in [-0.2, -0.15) is 0 Å².